The molecule has 22 heavy (non-hydrogen) atoms. The fourth-order valence-electron chi connectivity index (χ4n) is 6.31. The zero-order valence-corrected chi connectivity index (χ0v) is 14.5. The molecule has 122 valence electrons. The highest BCUT2D eigenvalue weighted by Gasteiger charge is 2.57. The number of nitrogens with zero attached hydrogens (tertiary/aromatic N) is 2. The summed E-state index contributed by atoms with van der Waals surface area (Å²) in [6.45, 7) is 9.46. The normalized spacial score (nSPS) is 43.6. The minimum Gasteiger partial charge on any atom is -0.425 e. The Hall–Kier alpha value is -0.860. The third-order valence-corrected chi connectivity index (χ3v) is 7.42. The Labute approximate surface area is 134 Å². The lowest BCUT2D eigenvalue weighted by atomic mass is 9.65. The highest BCUT2D eigenvalue weighted by Crippen LogP contribution is 2.64. The number of hydrogen-bond acceptors (Lipinski definition) is 3. The Kier molecular flexibility index (Phi) is 3.39. The van der Waals surface area contributed by atoms with Crippen LogP contribution in [0.1, 0.15) is 77.0 Å². The summed E-state index contributed by atoms with van der Waals surface area (Å²) >= 11 is 0. The number of fused-ring (bicyclic) bond motifs is 3. The van der Waals surface area contributed by atoms with E-state index in [0.29, 0.717) is 17.2 Å². The van der Waals surface area contributed by atoms with Crippen molar-refractivity contribution in [1.82, 2.24) is 10.2 Å². The zero-order valence-electron chi connectivity index (χ0n) is 14.5. The summed E-state index contributed by atoms with van der Waals surface area (Å²) in [5.41, 5.74) is 0.484. The summed E-state index contributed by atoms with van der Waals surface area (Å²) in [6.07, 6.45) is 8.26. The molecule has 3 heteroatoms. The van der Waals surface area contributed by atoms with Gasteiger partial charge in [-0.1, -0.05) is 27.2 Å². The molecule has 0 N–H and O–H groups in total. The minimum atomic E-state index is 0.484. The van der Waals surface area contributed by atoms with Crippen molar-refractivity contribution in [3.05, 3.63) is 11.8 Å². The average molecular weight is 302 g/mol. The first-order chi connectivity index (χ1) is 10.5. The summed E-state index contributed by atoms with van der Waals surface area (Å²) in [6, 6.07) is 0. The van der Waals surface area contributed by atoms with Crippen molar-refractivity contribution >= 4 is 0 Å². The quantitative estimate of drug-likeness (QED) is 0.735. The lowest BCUT2D eigenvalue weighted by Gasteiger charge is -2.40. The van der Waals surface area contributed by atoms with Crippen molar-refractivity contribution in [2.45, 2.75) is 72.1 Å². The maximum atomic E-state index is 5.75. The molecule has 0 spiro atoms. The molecule has 1 aromatic heterocycles. The van der Waals surface area contributed by atoms with E-state index in [-0.39, 0.29) is 0 Å². The van der Waals surface area contributed by atoms with Crippen molar-refractivity contribution in [3.63, 3.8) is 0 Å². The molecule has 6 unspecified atom stereocenters. The average Bonchev–Trinajstić information content (AvgIpc) is 3.01. The van der Waals surface area contributed by atoms with Crippen LogP contribution in [0, 0.1) is 41.9 Å². The predicted octanol–water partition coefficient (Wildman–Crippen LogP) is 4.97. The van der Waals surface area contributed by atoms with Crippen LogP contribution >= 0.6 is 0 Å². The molecule has 0 aromatic carbocycles. The van der Waals surface area contributed by atoms with Crippen molar-refractivity contribution in [2.24, 2.45) is 35.0 Å². The van der Waals surface area contributed by atoms with Crippen LogP contribution in [0.5, 0.6) is 0 Å². The maximum absolute atomic E-state index is 5.75. The number of aromatic nitrogens is 2. The highest BCUT2D eigenvalue weighted by atomic mass is 16.4. The number of rotatable bonds is 1. The third kappa shape index (κ3) is 2.15. The van der Waals surface area contributed by atoms with E-state index >= 15 is 0 Å². The molecule has 0 saturated heterocycles. The Balaban J connectivity index is 1.58. The second-order valence-electron chi connectivity index (χ2n) is 8.95. The molecule has 1 aromatic rings. The number of hydrogen-bond donors (Lipinski definition) is 0. The first-order valence-electron chi connectivity index (χ1n) is 9.26. The fourth-order valence-corrected chi connectivity index (χ4v) is 6.31. The molecule has 6 atom stereocenters. The first kappa shape index (κ1) is 14.7. The largest absolute Gasteiger partial charge is 0.425 e. The minimum absolute atomic E-state index is 0.484. The van der Waals surface area contributed by atoms with Crippen LogP contribution in [0.15, 0.2) is 4.42 Å². The maximum Gasteiger partial charge on any atom is 0.219 e. The predicted molar refractivity (Wildman–Crippen MR) is 86.4 cm³/mol. The second-order valence-corrected chi connectivity index (χ2v) is 8.95. The van der Waals surface area contributed by atoms with Gasteiger partial charge in [-0.05, 0) is 67.1 Å². The first-order valence-corrected chi connectivity index (χ1v) is 9.26. The van der Waals surface area contributed by atoms with E-state index in [1.807, 2.05) is 6.92 Å². The van der Waals surface area contributed by atoms with Gasteiger partial charge in [0.1, 0.15) is 0 Å². The molecule has 3 fully saturated rings. The molecule has 3 nitrogen and oxygen atoms in total. The molecule has 3 aliphatic rings. The molecule has 4 rings (SSSR count). The Morgan fingerprint density at radius 2 is 1.64 bits per heavy atom. The summed E-state index contributed by atoms with van der Waals surface area (Å²) in [5.74, 6) is 6.76. The highest BCUT2D eigenvalue weighted by molar-refractivity contribution is 5.08. The third-order valence-electron chi connectivity index (χ3n) is 7.42. The van der Waals surface area contributed by atoms with Crippen LogP contribution in [-0.4, -0.2) is 10.2 Å². The van der Waals surface area contributed by atoms with Gasteiger partial charge in [0.15, 0.2) is 0 Å². The Bertz CT molecular complexity index is 549. The van der Waals surface area contributed by atoms with Gasteiger partial charge in [-0.15, -0.1) is 10.2 Å². The van der Waals surface area contributed by atoms with Gasteiger partial charge in [-0.25, -0.2) is 0 Å². The molecule has 1 heterocycles. The lowest BCUT2D eigenvalue weighted by Crippen LogP contribution is -2.32. The second kappa shape index (κ2) is 5.07. The SMILES string of the molecule is Cc1nnc(C2CCC3C4CCC(C)CC4C(C)(C)C3C2)o1. The van der Waals surface area contributed by atoms with Gasteiger partial charge in [0, 0.05) is 12.8 Å². The molecular formula is C19H30N2O. The van der Waals surface area contributed by atoms with E-state index in [9.17, 15) is 0 Å². The van der Waals surface area contributed by atoms with E-state index in [4.69, 9.17) is 4.42 Å². The van der Waals surface area contributed by atoms with Crippen molar-refractivity contribution in [1.29, 1.82) is 0 Å². The van der Waals surface area contributed by atoms with Crippen molar-refractivity contribution < 1.29 is 4.42 Å². The van der Waals surface area contributed by atoms with Gasteiger partial charge < -0.3 is 4.42 Å². The van der Waals surface area contributed by atoms with Gasteiger partial charge in [-0.2, -0.15) is 0 Å². The zero-order chi connectivity index (χ0) is 15.5. The summed E-state index contributed by atoms with van der Waals surface area (Å²) in [5, 5.41) is 8.37. The van der Waals surface area contributed by atoms with E-state index in [1.54, 1.807) is 0 Å². The Morgan fingerprint density at radius 1 is 0.955 bits per heavy atom. The van der Waals surface area contributed by atoms with Gasteiger partial charge in [0.2, 0.25) is 11.8 Å². The van der Waals surface area contributed by atoms with E-state index < -0.39 is 0 Å². The van der Waals surface area contributed by atoms with Crippen LogP contribution in [0.25, 0.3) is 0 Å². The van der Waals surface area contributed by atoms with Gasteiger partial charge in [0.25, 0.3) is 0 Å². The Morgan fingerprint density at radius 3 is 2.32 bits per heavy atom. The van der Waals surface area contributed by atoms with E-state index in [2.05, 4.69) is 31.0 Å². The number of aryl methyl sites for hydroxylation is 1. The standard InChI is InChI=1S/C19H30N2O/c1-11-5-7-14-15-8-6-13(18-21-20-12(2)22-18)10-17(15)19(3,4)16(14)9-11/h11,13-17H,5-10H2,1-4H3. The van der Waals surface area contributed by atoms with Crippen LogP contribution in [0.3, 0.4) is 0 Å². The summed E-state index contributed by atoms with van der Waals surface area (Å²) in [4.78, 5) is 0. The summed E-state index contributed by atoms with van der Waals surface area (Å²) in [7, 11) is 0. The van der Waals surface area contributed by atoms with Crippen LogP contribution in [0.4, 0.5) is 0 Å². The topological polar surface area (TPSA) is 38.9 Å². The molecule has 0 bridgehead atoms. The fraction of sp³-hybridized carbons (Fsp3) is 0.895. The molecule has 0 amide bonds. The molecule has 0 aliphatic heterocycles. The van der Waals surface area contributed by atoms with Crippen LogP contribution < -0.4 is 0 Å². The van der Waals surface area contributed by atoms with Crippen LogP contribution in [0.2, 0.25) is 0 Å². The smallest absolute Gasteiger partial charge is 0.219 e. The van der Waals surface area contributed by atoms with Crippen molar-refractivity contribution in [3.8, 4) is 0 Å². The van der Waals surface area contributed by atoms with Crippen LogP contribution in [-0.2, 0) is 0 Å². The molecule has 3 aliphatic carbocycles. The van der Waals surface area contributed by atoms with Gasteiger partial charge in [0.05, 0.1) is 0 Å². The summed E-state index contributed by atoms with van der Waals surface area (Å²) < 4.78 is 5.75. The molecule has 3 saturated carbocycles. The molecule has 0 radical (unpaired) electrons. The van der Waals surface area contributed by atoms with E-state index in [1.165, 1.54) is 38.5 Å². The van der Waals surface area contributed by atoms with Crippen molar-refractivity contribution in [2.75, 3.05) is 0 Å². The monoisotopic (exact) mass is 302 g/mol. The molecular weight excluding hydrogens is 272 g/mol. The lowest BCUT2D eigenvalue weighted by molar-refractivity contribution is 0.101. The van der Waals surface area contributed by atoms with Gasteiger partial charge >= 0.3 is 0 Å². The van der Waals surface area contributed by atoms with Gasteiger partial charge in [-0.3, -0.25) is 0 Å². The van der Waals surface area contributed by atoms with E-state index in [0.717, 1.165) is 35.5 Å².